The highest BCUT2D eigenvalue weighted by atomic mass is 19.1. The minimum Gasteiger partial charge on any atom is -0.378 e. The molecule has 0 bridgehead atoms. The van der Waals surface area contributed by atoms with Crippen LogP contribution in [0.2, 0.25) is 0 Å². The van der Waals surface area contributed by atoms with E-state index in [1.165, 1.54) is 12.1 Å². The molecule has 1 aromatic heterocycles. The van der Waals surface area contributed by atoms with Crippen LogP contribution in [-0.4, -0.2) is 42.1 Å². The van der Waals surface area contributed by atoms with Crippen molar-refractivity contribution in [3.8, 4) is 0 Å². The van der Waals surface area contributed by atoms with Gasteiger partial charge >= 0.3 is 0 Å². The zero-order chi connectivity index (χ0) is 17.8. The molecule has 0 saturated carbocycles. The molecule has 2 heterocycles. The molecule has 1 aliphatic rings. The molecular weight excluding hydrogens is 321 g/mol. The van der Waals surface area contributed by atoms with Gasteiger partial charge in [-0.15, -0.1) is 0 Å². The monoisotopic (exact) mass is 343 g/mol. The van der Waals surface area contributed by atoms with E-state index in [4.69, 9.17) is 4.74 Å². The predicted molar refractivity (Wildman–Crippen MR) is 94.7 cm³/mol. The topological polar surface area (TPSA) is 54.5 Å². The SMILES string of the molecule is CC(C)c1cc(Nc2cccc(F)c2)ncc1C(=O)N1CCOCC1. The van der Waals surface area contributed by atoms with E-state index in [2.05, 4.69) is 10.3 Å². The van der Waals surface area contributed by atoms with Gasteiger partial charge in [-0.25, -0.2) is 9.37 Å². The summed E-state index contributed by atoms with van der Waals surface area (Å²) in [6.07, 6.45) is 1.61. The van der Waals surface area contributed by atoms with Crippen molar-refractivity contribution in [2.75, 3.05) is 31.6 Å². The average Bonchev–Trinajstić information content (AvgIpc) is 2.62. The van der Waals surface area contributed by atoms with Gasteiger partial charge in [0.15, 0.2) is 0 Å². The van der Waals surface area contributed by atoms with Gasteiger partial charge in [0.1, 0.15) is 11.6 Å². The molecule has 1 N–H and O–H groups in total. The molecule has 1 aromatic carbocycles. The van der Waals surface area contributed by atoms with Gasteiger partial charge in [0.2, 0.25) is 0 Å². The number of hydrogen-bond donors (Lipinski definition) is 1. The lowest BCUT2D eigenvalue weighted by molar-refractivity contribution is 0.0301. The van der Waals surface area contributed by atoms with Gasteiger partial charge in [-0.2, -0.15) is 0 Å². The van der Waals surface area contributed by atoms with Crippen LogP contribution in [0.3, 0.4) is 0 Å². The van der Waals surface area contributed by atoms with Crippen LogP contribution in [0.1, 0.15) is 35.7 Å². The highest BCUT2D eigenvalue weighted by Gasteiger charge is 2.22. The summed E-state index contributed by atoms with van der Waals surface area (Å²) in [5, 5.41) is 3.09. The molecule has 0 unspecified atom stereocenters. The van der Waals surface area contributed by atoms with E-state index in [1.807, 2.05) is 19.9 Å². The number of nitrogens with one attached hydrogen (secondary N) is 1. The van der Waals surface area contributed by atoms with E-state index in [9.17, 15) is 9.18 Å². The van der Waals surface area contributed by atoms with Crippen LogP contribution in [0.4, 0.5) is 15.9 Å². The van der Waals surface area contributed by atoms with E-state index < -0.39 is 0 Å². The predicted octanol–water partition coefficient (Wildman–Crippen LogP) is 3.56. The maximum atomic E-state index is 13.3. The third-order valence-electron chi connectivity index (χ3n) is 4.18. The fourth-order valence-electron chi connectivity index (χ4n) is 2.85. The molecule has 1 aliphatic heterocycles. The number of benzene rings is 1. The van der Waals surface area contributed by atoms with Gasteiger partial charge in [0.05, 0.1) is 18.8 Å². The second kappa shape index (κ2) is 7.61. The Labute approximate surface area is 146 Å². The fraction of sp³-hybridized carbons (Fsp3) is 0.368. The number of anilines is 2. The number of carbonyl (C=O) groups is 1. The van der Waals surface area contributed by atoms with Crippen LogP contribution in [0.15, 0.2) is 36.5 Å². The Morgan fingerprint density at radius 1 is 1.28 bits per heavy atom. The van der Waals surface area contributed by atoms with Gasteiger partial charge in [-0.1, -0.05) is 19.9 Å². The first-order chi connectivity index (χ1) is 12.0. The van der Waals surface area contributed by atoms with E-state index >= 15 is 0 Å². The smallest absolute Gasteiger partial charge is 0.255 e. The van der Waals surface area contributed by atoms with Crippen molar-refractivity contribution < 1.29 is 13.9 Å². The Balaban J connectivity index is 1.86. The van der Waals surface area contributed by atoms with Crippen molar-refractivity contribution in [3.63, 3.8) is 0 Å². The minimum atomic E-state index is -0.312. The Hall–Kier alpha value is -2.47. The standard InChI is InChI=1S/C19H22FN3O2/c1-13(2)16-11-18(22-15-5-3-4-14(20)10-15)21-12-17(16)19(24)23-6-8-25-9-7-23/h3-5,10-13H,6-9H2,1-2H3,(H,21,22). The van der Waals surface area contributed by atoms with Crippen LogP contribution < -0.4 is 5.32 Å². The lowest BCUT2D eigenvalue weighted by Gasteiger charge is -2.28. The lowest BCUT2D eigenvalue weighted by Crippen LogP contribution is -2.41. The third kappa shape index (κ3) is 4.14. The van der Waals surface area contributed by atoms with Crippen LogP contribution in [0.25, 0.3) is 0 Å². The molecular formula is C19H22FN3O2. The van der Waals surface area contributed by atoms with Crippen LogP contribution in [-0.2, 0) is 4.74 Å². The van der Waals surface area contributed by atoms with Crippen molar-refractivity contribution in [1.82, 2.24) is 9.88 Å². The molecule has 132 valence electrons. The van der Waals surface area contributed by atoms with Gasteiger partial charge in [-0.05, 0) is 35.7 Å². The summed E-state index contributed by atoms with van der Waals surface area (Å²) in [5.74, 6) is 0.425. The summed E-state index contributed by atoms with van der Waals surface area (Å²) in [5.41, 5.74) is 2.15. The van der Waals surface area contributed by atoms with E-state index in [0.29, 0.717) is 43.4 Å². The number of hydrogen-bond acceptors (Lipinski definition) is 4. The van der Waals surface area contributed by atoms with Crippen LogP contribution in [0, 0.1) is 5.82 Å². The molecule has 2 aromatic rings. The van der Waals surface area contributed by atoms with Crippen LogP contribution >= 0.6 is 0 Å². The number of pyridine rings is 1. The fourth-order valence-corrected chi connectivity index (χ4v) is 2.85. The number of amides is 1. The van der Waals surface area contributed by atoms with E-state index in [0.717, 1.165) is 5.56 Å². The average molecular weight is 343 g/mol. The number of nitrogens with zero attached hydrogens (tertiary/aromatic N) is 2. The van der Waals surface area contributed by atoms with Crippen molar-refractivity contribution in [1.29, 1.82) is 0 Å². The molecule has 0 atom stereocenters. The van der Waals surface area contributed by atoms with Gasteiger partial charge < -0.3 is 15.0 Å². The third-order valence-corrected chi connectivity index (χ3v) is 4.18. The number of rotatable bonds is 4. The Kier molecular flexibility index (Phi) is 5.28. The number of ether oxygens (including phenoxy) is 1. The lowest BCUT2D eigenvalue weighted by atomic mass is 9.98. The Morgan fingerprint density at radius 3 is 2.72 bits per heavy atom. The summed E-state index contributed by atoms with van der Waals surface area (Å²) in [6, 6.07) is 8.07. The minimum absolute atomic E-state index is 0.0168. The Morgan fingerprint density at radius 2 is 2.04 bits per heavy atom. The number of carbonyl (C=O) groups excluding carboxylic acids is 1. The van der Waals surface area contributed by atoms with Crippen molar-refractivity contribution in [3.05, 3.63) is 53.5 Å². The quantitative estimate of drug-likeness (QED) is 0.922. The van der Waals surface area contributed by atoms with Crippen molar-refractivity contribution >= 4 is 17.4 Å². The first kappa shape index (κ1) is 17.4. The first-order valence-corrected chi connectivity index (χ1v) is 8.44. The van der Waals surface area contributed by atoms with Gasteiger partial charge in [0, 0.05) is 25.0 Å². The van der Waals surface area contributed by atoms with Crippen molar-refractivity contribution in [2.24, 2.45) is 0 Å². The zero-order valence-electron chi connectivity index (χ0n) is 14.5. The van der Waals surface area contributed by atoms with Gasteiger partial charge in [-0.3, -0.25) is 4.79 Å². The summed E-state index contributed by atoms with van der Waals surface area (Å²) in [4.78, 5) is 18.9. The molecule has 3 rings (SSSR count). The second-order valence-electron chi connectivity index (χ2n) is 6.35. The molecule has 1 amide bonds. The van der Waals surface area contributed by atoms with E-state index in [-0.39, 0.29) is 17.6 Å². The maximum Gasteiger partial charge on any atom is 0.255 e. The maximum absolute atomic E-state index is 13.3. The number of aromatic nitrogens is 1. The van der Waals surface area contributed by atoms with Crippen molar-refractivity contribution in [2.45, 2.75) is 19.8 Å². The largest absolute Gasteiger partial charge is 0.378 e. The second-order valence-corrected chi connectivity index (χ2v) is 6.35. The number of morpholine rings is 1. The molecule has 0 radical (unpaired) electrons. The molecule has 6 heteroatoms. The summed E-state index contributed by atoms with van der Waals surface area (Å²) in [7, 11) is 0. The first-order valence-electron chi connectivity index (χ1n) is 8.44. The highest BCUT2D eigenvalue weighted by Crippen LogP contribution is 2.25. The van der Waals surface area contributed by atoms with Crippen LogP contribution in [0.5, 0.6) is 0 Å². The molecule has 1 saturated heterocycles. The normalized spacial score (nSPS) is 14.6. The Bertz CT molecular complexity index is 758. The summed E-state index contributed by atoms with van der Waals surface area (Å²) < 4.78 is 18.6. The summed E-state index contributed by atoms with van der Waals surface area (Å²) >= 11 is 0. The molecule has 0 aliphatic carbocycles. The summed E-state index contributed by atoms with van der Waals surface area (Å²) in [6.45, 7) is 6.40. The molecule has 1 fully saturated rings. The molecule has 0 spiro atoms. The highest BCUT2D eigenvalue weighted by molar-refractivity contribution is 5.96. The zero-order valence-corrected chi connectivity index (χ0v) is 14.5. The number of halogens is 1. The van der Waals surface area contributed by atoms with E-state index in [1.54, 1.807) is 23.2 Å². The molecule has 5 nitrogen and oxygen atoms in total. The van der Waals surface area contributed by atoms with Gasteiger partial charge in [0.25, 0.3) is 5.91 Å². The molecule has 25 heavy (non-hydrogen) atoms.